The van der Waals surface area contributed by atoms with Gasteiger partial charge in [0.2, 0.25) is 23.8 Å². The maximum Gasteiger partial charge on any atom is 0.416 e. The van der Waals surface area contributed by atoms with Gasteiger partial charge in [-0.25, -0.2) is 45.9 Å². The van der Waals surface area contributed by atoms with Crippen LogP contribution in [0.15, 0.2) is 175 Å². The molecule has 8 amide bonds. The molecule has 8 heterocycles. The number of hydrogen-bond acceptors (Lipinski definition) is 22. The van der Waals surface area contributed by atoms with Crippen LogP contribution in [0.3, 0.4) is 0 Å². The van der Waals surface area contributed by atoms with Crippen molar-refractivity contribution in [2.24, 2.45) is 10.8 Å². The van der Waals surface area contributed by atoms with Gasteiger partial charge in [0.1, 0.15) is 26.4 Å². The van der Waals surface area contributed by atoms with Gasteiger partial charge in [-0.05, 0) is 186 Å². The fourth-order valence-corrected chi connectivity index (χ4v) is 16.9. The number of alkyl halides is 7. The van der Waals surface area contributed by atoms with Crippen LogP contribution in [0.2, 0.25) is 0 Å². The van der Waals surface area contributed by atoms with Crippen molar-refractivity contribution in [1.82, 2.24) is 38.2 Å². The Morgan fingerprint density at radius 1 is 0.419 bits per heavy atom. The van der Waals surface area contributed by atoms with Crippen molar-refractivity contribution >= 4 is 148 Å². The Kier molecular flexibility index (Phi) is 29.6. The molecule has 2 atom stereocenters. The molecule has 2 saturated carbocycles. The maximum absolute atomic E-state index is 13.1. The Balaban J connectivity index is 0.000000138. The molecule has 12 aromatic rings. The van der Waals surface area contributed by atoms with E-state index in [0.29, 0.717) is 140 Å². The first-order chi connectivity index (χ1) is 65.1. The van der Waals surface area contributed by atoms with Crippen LogP contribution in [0.25, 0.3) is 44.1 Å². The summed E-state index contributed by atoms with van der Waals surface area (Å²) in [6, 6.07) is 41.5. The lowest BCUT2D eigenvalue weighted by atomic mass is 10.1. The number of hydrogen-bond donors (Lipinski definition) is 8. The number of anilines is 8. The number of sulfone groups is 1. The summed E-state index contributed by atoms with van der Waals surface area (Å²) in [6.07, 6.45) is -4.63. The Hall–Kier alpha value is -13.5. The summed E-state index contributed by atoms with van der Waals surface area (Å²) >= 11 is 0. The molecule has 4 saturated heterocycles. The average Bonchev–Trinajstić information content (AvgIpc) is 1.63. The number of aliphatic hydroxyl groups is 4. The minimum absolute atomic E-state index is 0.0108. The molecule has 8 N–H and O–H groups in total. The number of aromatic nitrogens is 8. The smallest absolute Gasteiger partial charge is 0.396 e. The highest BCUT2D eigenvalue weighted by atomic mass is 32.2. The quantitative estimate of drug-likeness (QED) is 0.0222. The lowest BCUT2D eigenvalue weighted by Crippen LogP contribution is -2.41. The normalized spacial score (nSPS) is 16.5. The third-order valence-electron chi connectivity index (χ3n) is 24.2. The van der Waals surface area contributed by atoms with E-state index in [1.54, 1.807) is 77.3 Å². The number of aliphatic hydroxyl groups excluding tert-OH is 4. The van der Waals surface area contributed by atoms with Gasteiger partial charge in [0, 0.05) is 138 Å². The molecule has 4 aromatic heterocycles. The zero-order valence-corrected chi connectivity index (χ0v) is 74.7. The molecule has 18 rings (SSSR count). The van der Waals surface area contributed by atoms with Gasteiger partial charge in [-0.2, -0.15) is 13.2 Å². The average molecular weight is 1900 g/mol. The first-order valence-electron chi connectivity index (χ1n) is 43.7. The minimum atomic E-state index is -4.58. The number of benzene rings is 8. The van der Waals surface area contributed by atoms with Crippen molar-refractivity contribution in [3.05, 3.63) is 209 Å². The number of amides is 8. The summed E-state index contributed by atoms with van der Waals surface area (Å²) in [5.41, 5.74) is 5.96. The molecule has 4 aliphatic heterocycles. The monoisotopic (exact) mass is 1900 g/mol. The Bertz CT molecular complexity index is 6660. The number of ether oxygens (including phenoxy) is 4. The summed E-state index contributed by atoms with van der Waals surface area (Å²) in [5, 5.41) is 49.5. The molecule has 0 bridgehead atoms. The number of fused-ring (bicyclic) bond motifs is 4. The van der Waals surface area contributed by atoms with Crippen molar-refractivity contribution in [3.63, 3.8) is 0 Å². The van der Waals surface area contributed by atoms with E-state index < -0.39 is 58.1 Å². The molecule has 8 aromatic carbocycles. The fraction of sp³-hybridized carbons (Fsp3) is 0.362. The van der Waals surface area contributed by atoms with Crippen molar-refractivity contribution in [2.45, 2.75) is 101 Å². The molecule has 2 aliphatic carbocycles. The number of imidazole rings is 4. The van der Waals surface area contributed by atoms with Gasteiger partial charge in [-0.1, -0.05) is 36.4 Å². The summed E-state index contributed by atoms with van der Waals surface area (Å²) in [5.74, 6) is -2.09. The topological polar surface area (TPSA) is 421 Å². The first-order valence-corrected chi connectivity index (χ1v) is 45.5. The van der Waals surface area contributed by atoms with Crippen LogP contribution in [0.5, 0.6) is 0 Å². The number of nitrogens with one attached hydrogen (secondary N) is 4. The highest BCUT2D eigenvalue weighted by Crippen LogP contribution is 2.49. The molecule has 0 unspecified atom stereocenters. The van der Waals surface area contributed by atoms with Gasteiger partial charge in [0.05, 0.1) is 94.2 Å². The third-order valence-corrected chi connectivity index (χ3v) is 25.3. The van der Waals surface area contributed by atoms with Gasteiger partial charge in [0.25, 0.3) is 60.1 Å². The van der Waals surface area contributed by atoms with Gasteiger partial charge in [-0.15, -0.1) is 0 Å². The van der Waals surface area contributed by atoms with E-state index in [1.807, 2.05) is 47.2 Å². The van der Waals surface area contributed by atoms with Crippen LogP contribution >= 0.6 is 0 Å². The maximum atomic E-state index is 13.1. The third kappa shape index (κ3) is 22.2. The fourth-order valence-electron chi connectivity index (χ4n) is 16.2. The summed E-state index contributed by atoms with van der Waals surface area (Å²) < 4.78 is 143. The zero-order chi connectivity index (χ0) is 96.7. The first kappa shape index (κ1) is 97.1. The molecule has 0 radical (unpaired) electrons. The van der Waals surface area contributed by atoms with Crippen LogP contribution in [-0.2, 0) is 67.2 Å². The second-order valence-corrected chi connectivity index (χ2v) is 35.8. The van der Waals surface area contributed by atoms with Crippen LogP contribution in [0, 0.1) is 10.8 Å². The number of rotatable bonds is 27. The molecular formula is C94H97F7N16O18S. The van der Waals surface area contributed by atoms with E-state index in [1.165, 1.54) is 72.8 Å². The van der Waals surface area contributed by atoms with E-state index in [4.69, 9.17) is 18.9 Å². The highest BCUT2D eigenvalue weighted by molar-refractivity contribution is 7.90. The zero-order valence-electron chi connectivity index (χ0n) is 73.9. The summed E-state index contributed by atoms with van der Waals surface area (Å²) in [6.45, 7) is 7.96. The lowest BCUT2D eigenvalue weighted by molar-refractivity contribution is -0.137. The van der Waals surface area contributed by atoms with Gasteiger partial charge < -0.3 is 77.2 Å². The Morgan fingerprint density at radius 3 is 1.04 bits per heavy atom. The van der Waals surface area contributed by atoms with Crippen LogP contribution in [0.4, 0.5) is 77.3 Å². The standard InChI is InChI=1S/C24H24F2N4O4.C24H26N4O6S.C23H23F3N4O4.C23H24F2N4O4/c25-21(26)15-2-1-3-16(10-15)22(33)28-23-27-18-11-17(29-8-9-34-12-20(29)32)4-5-19(18)30(23)13-24(14-31)6-7-24;1-35(32,33)18-4-2-3-16(11-18)22(31)26-23-25-19-12-17(27-9-10-34-13-21(27)30)5-6-20(19)28(23)14-24(15-29)7-8-24;1-14(7-9-31)30-19-6-5-17(29-8-10-34-13-20(29)32)12-18(19)27-22(30)28-21(33)15-3-2-4-16(11-15)23(24,25)26;1-14(7-9-30)29-19-6-5-17(28-8-10-33-13-20(28)31)12-18(19)26-23(29)27-22(32)16-4-2-3-15(11-16)21(24)25/h1-5,10-11,21,31H,6-9,12-14H2,(H,27,28,33);2-6,11-12,29H,7-10,13-15H2,1H3,(H,25,26,31);2-6,11-12,14,31H,7-10,13H2,1H3,(H,27,28,33);2-6,11-12,14,21,30H,7-10,13H2,1H3,(H,26,27,32)/t;;2*14-/m..11/s1. The molecule has 0 spiro atoms. The van der Waals surface area contributed by atoms with E-state index in [2.05, 4.69) is 41.2 Å². The Labute approximate surface area is 772 Å². The predicted octanol–water partition coefficient (Wildman–Crippen LogP) is 12.3. The highest BCUT2D eigenvalue weighted by Gasteiger charge is 2.45. The predicted molar refractivity (Wildman–Crippen MR) is 488 cm³/mol. The van der Waals surface area contributed by atoms with E-state index in [-0.39, 0.29) is 156 Å². The SMILES string of the molecule is CS(=O)(=O)c1cccc(C(=O)Nc2nc3cc(N4CCOCC4=O)ccc3n2CC2(CO)CC2)c1.C[C@H](CCO)n1c(NC(=O)c2cccc(C(F)(F)F)c2)nc2cc(N3CCOCC3=O)ccc21.C[C@H](CCO)n1c(NC(=O)c2cccc(C(F)F)c2)nc2cc(N3CCOCC3=O)ccc21.O=C(Nc1nc2cc(N3CCOCC3=O)ccc2n1CC1(CO)CC1)c1cccc(C(F)F)c1. The molecular weight excluding hydrogens is 1810 g/mol. The molecule has 716 valence electrons. The Morgan fingerprint density at radius 2 is 0.728 bits per heavy atom. The van der Waals surface area contributed by atoms with Crippen molar-refractivity contribution in [2.75, 3.05) is 153 Å². The number of carbonyl (C=O) groups is 8. The molecule has 136 heavy (non-hydrogen) atoms. The largest absolute Gasteiger partial charge is 0.416 e. The van der Waals surface area contributed by atoms with Gasteiger partial charge >= 0.3 is 6.18 Å². The van der Waals surface area contributed by atoms with E-state index in [0.717, 1.165) is 67.2 Å². The number of nitrogens with zero attached hydrogens (tertiary/aromatic N) is 12. The summed E-state index contributed by atoms with van der Waals surface area (Å²) in [4.78, 5) is 125. The minimum Gasteiger partial charge on any atom is -0.396 e. The number of carbonyl (C=O) groups excluding carboxylic acids is 8. The van der Waals surface area contributed by atoms with Crippen LogP contribution < -0.4 is 40.9 Å². The van der Waals surface area contributed by atoms with E-state index in [9.17, 15) is 97.9 Å². The molecule has 6 fully saturated rings. The van der Waals surface area contributed by atoms with Crippen LogP contribution in [-0.4, -0.2) is 226 Å². The molecule has 6 aliphatic rings. The lowest BCUT2D eigenvalue weighted by Gasteiger charge is -2.26. The molecule has 42 heteroatoms. The second kappa shape index (κ2) is 41.4. The van der Waals surface area contributed by atoms with Gasteiger partial charge in [-0.3, -0.25) is 59.6 Å². The number of halogens is 7. The van der Waals surface area contributed by atoms with Crippen molar-refractivity contribution in [1.29, 1.82) is 0 Å². The summed E-state index contributed by atoms with van der Waals surface area (Å²) in [7, 11) is -3.47. The van der Waals surface area contributed by atoms with Gasteiger partial charge in [0.15, 0.2) is 9.84 Å². The number of morpholine rings is 4. The second-order valence-electron chi connectivity index (χ2n) is 33.8. The van der Waals surface area contributed by atoms with E-state index >= 15 is 0 Å². The molecule has 34 nitrogen and oxygen atoms in total. The van der Waals surface area contributed by atoms with Crippen molar-refractivity contribution in [3.8, 4) is 0 Å². The van der Waals surface area contributed by atoms with Crippen molar-refractivity contribution < 1.29 is 117 Å². The van der Waals surface area contributed by atoms with Crippen LogP contribution in [0.1, 0.15) is 135 Å².